The lowest BCUT2D eigenvalue weighted by Crippen LogP contribution is -2.38. The topological polar surface area (TPSA) is 94.1 Å². The minimum atomic E-state index is -4.53. The first-order valence-corrected chi connectivity index (χ1v) is 8.89. The maximum Gasteiger partial charge on any atom is 0.417 e. The van der Waals surface area contributed by atoms with Gasteiger partial charge in [0.1, 0.15) is 5.02 Å². The largest absolute Gasteiger partial charge is 0.417 e. The summed E-state index contributed by atoms with van der Waals surface area (Å²) >= 11 is 6.22. The van der Waals surface area contributed by atoms with Gasteiger partial charge in [-0.15, -0.1) is 0 Å². The maximum atomic E-state index is 12.7. The predicted octanol–water partition coefficient (Wildman–Crippen LogP) is 2.39. The molecule has 1 amide bonds. The van der Waals surface area contributed by atoms with E-state index in [0.717, 1.165) is 29.7 Å². The number of hydrogen-bond donors (Lipinski definition) is 1. The molecule has 0 radical (unpaired) electrons. The van der Waals surface area contributed by atoms with E-state index < -0.39 is 17.3 Å². The Morgan fingerprint density at radius 3 is 2.68 bits per heavy atom. The molecule has 0 aliphatic carbocycles. The lowest BCUT2D eigenvalue weighted by molar-refractivity contribution is -0.137. The average Bonchev–Trinajstić information content (AvgIpc) is 2.63. The van der Waals surface area contributed by atoms with E-state index in [1.807, 2.05) is 4.90 Å². The Hall–Kier alpha value is -2.62. The number of alkyl halides is 3. The third-order valence-corrected chi connectivity index (χ3v) is 4.90. The number of aromatic nitrogens is 3. The smallest absolute Gasteiger partial charge is 0.370 e. The molecule has 3 heterocycles. The summed E-state index contributed by atoms with van der Waals surface area (Å²) in [6, 6.07) is 1.87. The molecule has 1 aliphatic heterocycles. The minimum Gasteiger partial charge on any atom is -0.370 e. The summed E-state index contributed by atoms with van der Waals surface area (Å²) in [6.45, 7) is 1.14. The quantitative estimate of drug-likeness (QED) is 0.827. The van der Waals surface area contributed by atoms with Crippen molar-refractivity contribution in [2.75, 3.05) is 18.0 Å². The lowest BCUT2D eigenvalue weighted by Gasteiger charge is -2.34. The molecule has 0 aromatic carbocycles. The molecule has 0 saturated carbocycles. The number of carbonyl (C=O) groups excluding carboxylic acids is 1. The highest BCUT2D eigenvalue weighted by atomic mass is 35.5. The van der Waals surface area contributed by atoms with Gasteiger partial charge in [0.2, 0.25) is 5.91 Å². The number of nitrogens with zero attached hydrogens (tertiary/aromatic N) is 4. The van der Waals surface area contributed by atoms with Crippen LogP contribution in [-0.2, 0) is 11.0 Å². The van der Waals surface area contributed by atoms with Gasteiger partial charge in [0.05, 0.1) is 17.4 Å². The number of primary amides is 1. The van der Waals surface area contributed by atoms with Crippen LogP contribution in [0, 0.1) is 5.92 Å². The molecule has 1 saturated heterocycles. The Morgan fingerprint density at radius 1 is 1.32 bits per heavy atom. The third kappa shape index (κ3) is 4.27. The van der Waals surface area contributed by atoms with Crippen molar-refractivity contribution in [1.82, 2.24) is 14.8 Å². The van der Waals surface area contributed by atoms with Gasteiger partial charge in [0.25, 0.3) is 5.56 Å². The van der Waals surface area contributed by atoms with Crippen molar-refractivity contribution in [3.63, 3.8) is 0 Å². The van der Waals surface area contributed by atoms with Crippen molar-refractivity contribution >= 4 is 23.2 Å². The van der Waals surface area contributed by atoms with Crippen molar-refractivity contribution in [1.29, 1.82) is 0 Å². The second kappa shape index (κ2) is 7.78. The van der Waals surface area contributed by atoms with Crippen LogP contribution in [0.25, 0.3) is 5.82 Å². The summed E-state index contributed by atoms with van der Waals surface area (Å²) in [7, 11) is 0. The zero-order valence-corrected chi connectivity index (χ0v) is 15.4. The molecule has 1 fully saturated rings. The number of anilines is 1. The predicted molar refractivity (Wildman–Crippen MR) is 96.4 cm³/mol. The first-order valence-electron chi connectivity index (χ1n) is 8.51. The van der Waals surface area contributed by atoms with Gasteiger partial charge in [-0.05, 0) is 30.9 Å². The fraction of sp³-hybridized carbons (Fsp3) is 0.412. The Balaban J connectivity index is 1.87. The van der Waals surface area contributed by atoms with Crippen LogP contribution in [0.5, 0.6) is 0 Å². The van der Waals surface area contributed by atoms with Crippen LogP contribution < -0.4 is 16.2 Å². The van der Waals surface area contributed by atoms with Gasteiger partial charge in [-0.25, -0.2) is 4.98 Å². The van der Waals surface area contributed by atoms with Crippen LogP contribution >= 0.6 is 11.6 Å². The Morgan fingerprint density at radius 2 is 2.07 bits per heavy atom. The summed E-state index contributed by atoms with van der Waals surface area (Å²) in [5.74, 6) is -0.405. The minimum absolute atomic E-state index is 0.0568. The number of piperidine rings is 1. The monoisotopic (exact) mass is 415 g/mol. The molecule has 2 aromatic heterocycles. The summed E-state index contributed by atoms with van der Waals surface area (Å²) in [4.78, 5) is 29.3. The van der Waals surface area contributed by atoms with Gasteiger partial charge in [-0.1, -0.05) is 11.6 Å². The van der Waals surface area contributed by atoms with Crippen molar-refractivity contribution in [3.05, 3.63) is 45.5 Å². The van der Waals surface area contributed by atoms with E-state index >= 15 is 0 Å². The van der Waals surface area contributed by atoms with Crippen molar-refractivity contribution in [2.45, 2.75) is 25.4 Å². The molecule has 1 atom stereocenters. The van der Waals surface area contributed by atoms with Crippen LogP contribution in [0.15, 0.2) is 29.3 Å². The van der Waals surface area contributed by atoms with Gasteiger partial charge < -0.3 is 10.6 Å². The molecule has 150 valence electrons. The van der Waals surface area contributed by atoms with Gasteiger partial charge in [0.15, 0.2) is 5.82 Å². The van der Waals surface area contributed by atoms with E-state index in [-0.39, 0.29) is 29.1 Å². The van der Waals surface area contributed by atoms with E-state index in [9.17, 15) is 22.8 Å². The second-order valence-corrected chi connectivity index (χ2v) is 6.97. The zero-order valence-electron chi connectivity index (χ0n) is 14.6. The molecule has 2 aromatic rings. The molecule has 1 aliphatic rings. The Kier molecular flexibility index (Phi) is 5.59. The van der Waals surface area contributed by atoms with Gasteiger partial charge in [-0.2, -0.15) is 23.0 Å². The summed E-state index contributed by atoms with van der Waals surface area (Å²) in [6.07, 6.45) is -0.635. The van der Waals surface area contributed by atoms with Crippen LogP contribution in [0.2, 0.25) is 5.02 Å². The maximum absolute atomic E-state index is 12.7. The summed E-state index contributed by atoms with van der Waals surface area (Å²) in [5.41, 5.74) is 4.04. The van der Waals surface area contributed by atoms with E-state index in [1.165, 1.54) is 6.20 Å². The van der Waals surface area contributed by atoms with Gasteiger partial charge >= 0.3 is 6.18 Å². The zero-order chi connectivity index (χ0) is 20.5. The Labute approximate surface area is 162 Å². The molecule has 2 N–H and O–H groups in total. The van der Waals surface area contributed by atoms with E-state index in [4.69, 9.17) is 17.3 Å². The third-order valence-electron chi connectivity index (χ3n) is 4.54. The van der Waals surface area contributed by atoms with Crippen LogP contribution in [0.3, 0.4) is 0 Å². The SMILES string of the molecule is NC(=O)CC1CCCN(c2cnn(-c3ccc(C(F)(F)F)cn3)c(=O)c2Cl)C1. The second-order valence-electron chi connectivity index (χ2n) is 6.59. The standard InChI is InChI=1S/C17H17ClF3N5O2/c18-15-12(25-5-1-2-10(9-25)6-13(22)27)8-24-26(16(15)28)14-4-3-11(7-23-14)17(19,20)21/h3-4,7-8,10H,1-2,5-6,9H2,(H2,22,27). The van der Waals surface area contributed by atoms with Gasteiger partial charge in [-0.3, -0.25) is 9.59 Å². The molecule has 28 heavy (non-hydrogen) atoms. The normalized spacial score (nSPS) is 17.6. The fourth-order valence-corrected chi connectivity index (χ4v) is 3.47. The fourth-order valence-electron chi connectivity index (χ4n) is 3.22. The number of hydrogen-bond acceptors (Lipinski definition) is 5. The van der Waals surface area contributed by atoms with Crippen LogP contribution in [-0.4, -0.2) is 33.8 Å². The molecule has 3 rings (SSSR count). The number of pyridine rings is 1. The lowest BCUT2D eigenvalue weighted by atomic mass is 9.94. The van der Waals surface area contributed by atoms with E-state index in [1.54, 1.807) is 0 Å². The number of halogens is 4. The van der Waals surface area contributed by atoms with Crippen molar-refractivity contribution < 1.29 is 18.0 Å². The number of amides is 1. The molecular weight excluding hydrogens is 399 g/mol. The number of rotatable bonds is 4. The molecule has 11 heteroatoms. The highest BCUT2D eigenvalue weighted by molar-refractivity contribution is 6.33. The van der Waals surface area contributed by atoms with E-state index in [2.05, 4.69) is 10.1 Å². The summed E-state index contributed by atoms with van der Waals surface area (Å²) in [5, 5.41) is 3.89. The molecular formula is C17H17ClF3N5O2. The van der Waals surface area contributed by atoms with Crippen LogP contribution in [0.4, 0.5) is 18.9 Å². The Bertz CT molecular complexity index is 930. The van der Waals surface area contributed by atoms with Crippen molar-refractivity contribution in [2.24, 2.45) is 11.7 Å². The molecule has 0 spiro atoms. The van der Waals surface area contributed by atoms with Gasteiger partial charge in [0, 0.05) is 25.7 Å². The first-order chi connectivity index (χ1) is 13.2. The summed E-state index contributed by atoms with van der Waals surface area (Å²) < 4.78 is 38.8. The average molecular weight is 416 g/mol. The molecule has 7 nitrogen and oxygen atoms in total. The van der Waals surface area contributed by atoms with Crippen LogP contribution in [0.1, 0.15) is 24.8 Å². The van der Waals surface area contributed by atoms with E-state index in [0.29, 0.717) is 25.0 Å². The highest BCUT2D eigenvalue weighted by Gasteiger charge is 2.31. The number of carbonyl (C=O) groups is 1. The number of nitrogens with two attached hydrogens (primary N) is 1. The highest BCUT2D eigenvalue weighted by Crippen LogP contribution is 2.30. The molecule has 0 bridgehead atoms. The first kappa shape index (κ1) is 20.1. The molecule has 1 unspecified atom stereocenters. The van der Waals surface area contributed by atoms with Crippen molar-refractivity contribution in [3.8, 4) is 5.82 Å².